The van der Waals surface area contributed by atoms with Crippen LogP contribution in [0.4, 0.5) is 0 Å². The SMILES string of the molecule is O=C(c1cnc(-c2cccs2)s1)N(Cc1cccs1)Cc1cccs1. The molecule has 0 atom stereocenters. The van der Waals surface area contributed by atoms with E-state index in [0.29, 0.717) is 18.0 Å². The predicted molar refractivity (Wildman–Crippen MR) is 108 cm³/mol. The van der Waals surface area contributed by atoms with Crippen LogP contribution in [0.3, 0.4) is 0 Å². The lowest BCUT2D eigenvalue weighted by atomic mass is 10.3. The molecule has 7 heteroatoms. The summed E-state index contributed by atoms with van der Waals surface area (Å²) in [6, 6.07) is 12.2. The largest absolute Gasteiger partial charge is 0.328 e. The number of hydrogen-bond acceptors (Lipinski definition) is 6. The average Bonchev–Trinajstić information content (AvgIpc) is 3.41. The summed E-state index contributed by atoms with van der Waals surface area (Å²) in [4.78, 5) is 23.6. The lowest BCUT2D eigenvalue weighted by Gasteiger charge is -2.20. The first kappa shape index (κ1) is 16.7. The number of nitrogens with zero attached hydrogens (tertiary/aromatic N) is 2. The van der Waals surface area contributed by atoms with E-state index in [0.717, 1.165) is 9.88 Å². The third-order valence-electron chi connectivity index (χ3n) is 3.59. The first-order valence-corrected chi connectivity index (χ1v) is 11.1. The summed E-state index contributed by atoms with van der Waals surface area (Å²) in [5.74, 6) is 0.0436. The van der Waals surface area contributed by atoms with Crippen molar-refractivity contribution in [3.63, 3.8) is 0 Å². The zero-order valence-electron chi connectivity index (χ0n) is 13.1. The van der Waals surface area contributed by atoms with E-state index in [1.165, 1.54) is 21.1 Å². The van der Waals surface area contributed by atoms with E-state index in [1.807, 2.05) is 45.3 Å². The fourth-order valence-corrected chi connectivity index (χ4v) is 5.55. The van der Waals surface area contributed by atoms with Crippen LogP contribution in [0.5, 0.6) is 0 Å². The summed E-state index contributed by atoms with van der Waals surface area (Å²) in [6.45, 7) is 1.25. The van der Waals surface area contributed by atoms with Crippen molar-refractivity contribution in [1.82, 2.24) is 9.88 Å². The molecule has 0 unspecified atom stereocenters. The molecule has 0 saturated heterocycles. The minimum atomic E-state index is 0.0436. The van der Waals surface area contributed by atoms with Crippen molar-refractivity contribution >= 4 is 51.3 Å². The number of amides is 1. The smallest absolute Gasteiger partial charge is 0.266 e. The Balaban J connectivity index is 1.58. The number of hydrogen-bond donors (Lipinski definition) is 0. The van der Waals surface area contributed by atoms with Crippen LogP contribution >= 0.6 is 45.3 Å². The second kappa shape index (κ2) is 7.61. The molecular formula is C18H14N2OS4. The van der Waals surface area contributed by atoms with Gasteiger partial charge in [0, 0.05) is 9.75 Å². The summed E-state index contributed by atoms with van der Waals surface area (Å²) in [5, 5.41) is 7.03. The number of thiazole rings is 1. The summed E-state index contributed by atoms with van der Waals surface area (Å²) >= 11 is 6.47. The van der Waals surface area contributed by atoms with E-state index in [2.05, 4.69) is 17.1 Å². The zero-order valence-corrected chi connectivity index (χ0v) is 16.4. The van der Waals surface area contributed by atoms with Gasteiger partial charge in [-0.25, -0.2) is 4.98 Å². The van der Waals surface area contributed by atoms with Gasteiger partial charge in [-0.3, -0.25) is 4.79 Å². The second-order valence-corrected chi connectivity index (χ2v) is 9.37. The van der Waals surface area contributed by atoms with Crippen LogP contribution in [-0.2, 0) is 13.1 Å². The van der Waals surface area contributed by atoms with Crippen molar-refractivity contribution in [2.24, 2.45) is 0 Å². The molecule has 0 N–H and O–H groups in total. The van der Waals surface area contributed by atoms with Crippen LogP contribution in [0, 0.1) is 0 Å². The Labute approximate surface area is 161 Å². The molecule has 0 spiro atoms. The van der Waals surface area contributed by atoms with Gasteiger partial charge in [-0.05, 0) is 34.3 Å². The maximum atomic E-state index is 13.1. The van der Waals surface area contributed by atoms with Crippen molar-refractivity contribution in [3.05, 3.63) is 73.4 Å². The van der Waals surface area contributed by atoms with Gasteiger partial charge in [0.15, 0.2) is 0 Å². The van der Waals surface area contributed by atoms with Crippen molar-refractivity contribution in [2.45, 2.75) is 13.1 Å². The molecule has 0 aromatic carbocycles. The van der Waals surface area contributed by atoms with Crippen LogP contribution in [-0.4, -0.2) is 15.8 Å². The molecule has 0 radical (unpaired) electrons. The summed E-state index contributed by atoms with van der Waals surface area (Å²) < 4.78 is 0. The summed E-state index contributed by atoms with van der Waals surface area (Å²) in [7, 11) is 0. The van der Waals surface area contributed by atoms with E-state index < -0.39 is 0 Å². The van der Waals surface area contributed by atoms with E-state index in [4.69, 9.17) is 0 Å². The quantitative estimate of drug-likeness (QED) is 0.406. The molecule has 4 aromatic rings. The Kier molecular flexibility index (Phi) is 5.07. The van der Waals surface area contributed by atoms with Gasteiger partial charge >= 0.3 is 0 Å². The molecule has 3 nitrogen and oxygen atoms in total. The minimum Gasteiger partial charge on any atom is -0.328 e. The summed E-state index contributed by atoms with van der Waals surface area (Å²) in [5.41, 5.74) is 0. The number of carbonyl (C=O) groups excluding carboxylic acids is 1. The van der Waals surface area contributed by atoms with Crippen molar-refractivity contribution in [3.8, 4) is 9.88 Å². The molecule has 4 heterocycles. The van der Waals surface area contributed by atoms with Crippen molar-refractivity contribution < 1.29 is 4.79 Å². The Morgan fingerprint density at radius 2 is 1.56 bits per heavy atom. The van der Waals surface area contributed by atoms with Crippen LogP contribution in [0.15, 0.2) is 58.7 Å². The number of rotatable bonds is 6. The van der Waals surface area contributed by atoms with Gasteiger partial charge in [-0.15, -0.1) is 45.3 Å². The molecule has 0 fully saturated rings. The van der Waals surface area contributed by atoms with Gasteiger partial charge in [0.1, 0.15) is 9.88 Å². The summed E-state index contributed by atoms with van der Waals surface area (Å²) in [6.07, 6.45) is 1.71. The molecule has 0 bridgehead atoms. The van der Waals surface area contributed by atoms with Gasteiger partial charge < -0.3 is 4.90 Å². The first-order chi connectivity index (χ1) is 12.3. The van der Waals surface area contributed by atoms with Crippen molar-refractivity contribution in [2.75, 3.05) is 0 Å². The standard InChI is InChI=1S/C18H14N2OS4/c21-18(16-10-19-17(25-16)15-6-3-9-24-15)20(11-13-4-1-7-22-13)12-14-5-2-8-23-14/h1-10H,11-12H2. The van der Waals surface area contributed by atoms with Crippen LogP contribution in [0.25, 0.3) is 9.88 Å². The Morgan fingerprint density at radius 1 is 0.920 bits per heavy atom. The highest BCUT2D eigenvalue weighted by molar-refractivity contribution is 7.22. The Bertz CT molecular complexity index is 888. The maximum Gasteiger partial charge on any atom is 0.266 e. The third kappa shape index (κ3) is 3.90. The third-order valence-corrected chi connectivity index (χ3v) is 7.34. The second-order valence-electron chi connectivity index (χ2n) is 5.33. The Hall–Kier alpha value is -1.80. The first-order valence-electron chi connectivity index (χ1n) is 7.63. The predicted octanol–water partition coefficient (Wildman–Crippen LogP) is 5.84. The highest BCUT2D eigenvalue weighted by atomic mass is 32.1. The number of aromatic nitrogens is 1. The van der Waals surface area contributed by atoms with Crippen LogP contribution in [0.1, 0.15) is 19.4 Å². The molecule has 1 amide bonds. The molecular weight excluding hydrogens is 388 g/mol. The average molecular weight is 403 g/mol. The van der Waals surface area contributed by atoms with Gasteiger partial charge in [-0.2, -0.15) is 0 Å². The molecule has 0 aliphatic carbocycles. The maximum absolute atomic E-state index is 13.1. The molecule has 0 aliphatic rings. The molecule has 126 valence electrons. The lowest BCUT2D eigenvalue weighted by Crippen LogP contribution is -2.28. The fourth-order valence-electron chi connectivity index (χ4n) is 2.42. The molecule has 0 saturated carbocycles. The lowest BCUT2D eigenvalue weighted by molar-refractivity contribution is 0.0738. The molecule has 4 rings (SSSR count). The normalized spacial score (nSPS) is 10.9. The molecule has 25 heavy (non-hydrogen) atoms. The van der Waals surface area contributed by atoms with Gasteiger partial charge in [0.25, 0.3) is 5.91 Å². The zero-order chi connectivity index (χ0) is 17.1. The number of thiophene rings is 3. The van der Waals surface area contributed by atoms with E-state index in [9.17, 15) is 4.79 Å². The van der Waals surface area contributed by atoms with Crippen LogP contribution < -0.4 is 0 Å². The van der Waals surface area contributed by atoms with Crippen molar-refractivity contribution in [1.29, 1.82) is 0 Å². The Morgan fingerprint density at radius 3 is 2.12 bits per heavy atom. The van der Waals surface area contributed by atoms with E-state index in [1.54, 1.807) is 40.2 Å². The van der Waals surface area contributed by atoms with Gasteiger partial charge in [-0.1, -0.05) is 18.2 Å². The number of carbonyl (C=O) groups is 1. The van der Waals surface area contributed by atoms with E-state index >= 15 is 0 Å². The highest BCUT2D eigenvalue weighted by Crippen LogP contribution is 2.30. The monoisotopic (exact) mass is 402 g/mol. The van der Waals surface area contributed by atoms with Gasteiger partial charge in [0.05, 0.1) is 24.2 Å². The topological polar surface area (TPSA) is 33.2 Å². The minimum absolute atomic E-state index is 0.0436. The van der Waals surface area contributed by atoms with Gasteiger partial charge in [0.2, 0.25) is 0 Å². The highest BCUT2D eigenvalue weighted by Gasteiger charge is 2.20. The fraction of sp³-hybridized carbons (Fsp3) is 0.111. The molecule has 4 aromatic heterocycles. The molecule has 0 aliphatic heterocycles. The van der Waals surface area contributed by atoms with E-state index in [-0.39, 0.29) is 5.91 Å². The van der Waals surface area contributed by atoms with Crippen LogP contribution in [0.2, 0.25) is 0 Å².